The molecule has 0 aliphatic heterocycles. The van der Waals surface area contributed by atoms with Gasteiger partial charge in [0.15, 0.2) is 0 Å². The van der Waals surface area contributed by atoms with Gasteiger partial charge in [-0.2, -0.15) is 0 Å². The van der Waals surface area contributed by atoms with Crippen LogP contribution in [0.5, 0.6) is 0 Å². The van der Waals surface area contributed by atoms with Crippen molar-refractivity contribution in [1.82, 2.24) is 0 Å². The molecule has 1 aromatic rings. The van der Waals surface area contributed by atoms with Crippen LogP contribution in [0.3, 0.4) is 0 Å². The third-order valence-electron chi connectivity index (χ3n) is 3.17. The number of rotatable bonds is 9. The third kappa shape index (κ3) is 6.46. The zero-order valence-corrected chi connectivity index (χ0v) is 12.5. The highest BCUT2D eigenvalue weighted by Crippen LogP contribution is 2.23. The van der Waals surface area contributed by atoms with E-state index in [1.54, 1.807) is 11.8 Å². The van der Waals surface area contributed by atoms with Gasteiger partial charge in [-0.05, 0) is 25.0 Å². The van der Waals surface area contributed by atoms with Gasteiger partial charge in [-0.1, -0.05) is 57.2 Å². The van der Waals surface area contributed by atoms with Crippen molar-refractivity contribution in [2.45, 2.75) is 63.4 Å². The first kappa shape index (κ1) is 15.6. The third-order valence-corrected chi connectivity index (χ3v) is 4.49. The van der Waals surface area contributed by atoms with Crippen LogP contribution >= 0.6 is 11.8 Å². The smallest absolute Gasteiger partial charge is 0.0634 e. The molecule has 0 saturated carbocycles. The van der Waals surface area contributed by atoms with Crippen LogP contribution in [0.1, 0.15) is 51.0 Å². The minimum atomic E-state index is -0.156. The quantitative estimate of drug-likeness (QED) is 0.511. The fraction of sp³-hybridized carbons (Fsp3) is 0.625. The van der Waals surface area contributed by atoms with E-state index in [0.717, 1.165) is 18.6 Å². The molecule has 1 N–H and O–H groups in total. The molecule has 1 rings (SSSR count). The minimum Gasteiger partial charge on any atom is -0.392 e. The number of unbranched alkanes of at least 4 members (excludes halogenated alkanes) is 4. The number of hydrogen-bond donors (Lipinski definition) is 1. The summed E-state index contributed by atoms with van der Waals surface area (Å²) in [7, 11) is 0. The van der Waals surface area contributed by atoms with Crippen LogP contribution in [0.4, 0.5) is 0 Å². The highest BCUT2D eigenvalue weighted by atomic mass is 32.2. The van der Waals surface area contributed by atoms with Crippen molar-refractivity contribution in [3.05, 3.63) is 29.8 Å². The summed E-state index contributed by atoms with van der Waals surface area (Å²) < 4.78 is 0. The predicted octanol–water partition coefficient (Wildman–Crippen LogP) is 4.81. The second-order valence-corrected chi connectivity index (χ2v) is 6.00. The summed E-state index contributed by atoms with van der Waals surface area (Å²) >= 11 is 1.77. The maximum absolute atomic E-state index is 9.94. The van der Waals surface area contributed by atoms with Crippen molar-refractivity contribution in [1.29, 1.82) is 0 Å². The first-order valence-corrected chi connectivity index (χ1v) is 8.09. The summed E-state index contributed by atoms with van der Waals surface area (Å²) in [6, 6.07) is 8.38. The van der Waals surface area contributed by atoms with E-state index in [4.69, 9.17) is 0 Å². The number of benzene rings is 1. The van der Waals surface area contributed by atoms with Crippen LogP contribution in [0.25, 0.3) is 0 Å². The van der Waals surface area contributed by atoms with Gasteiger partial charge in [-0.25, -0.2) is 0 Å². The molecule has 0 spiro atoms. The summed E-state index contributed by atoms with van der Waals surface area (Å²) in [5.74, 6) is 0.818. The Bertz CT molecular complexity index is 325. The van der Waals surface area contributed by atoms with Crippen molar-refractivity contribution >= 4 is 11.8 Å². The molecule has 0 fully saturated rings. The van der Waals surface area contributed by atoms with E-state index in [0.29, 0.717) is 0 Å². The van der Waals surface area contributed by atoms with E-state index in [9.17, 15) is 5.11 Å². The standard InChI is InChI=1S/C16H26OS/c1-3-4-5-6-7-11-15(17)13-18-16-12-9-8-10-14(16)2/h8-10,12,15,17H,3-7,11,13H2,1-2H3. The Balaban J connectivity index is 2.13. The molecule has 1 nitrogen and oxygen atoms in total. The molecule has 0 radical (unpaired) electrons. The lowest BCUT2D eigenvalue weighted by molar-refractivity contribution is 0.185. The first-order chi connectivity index (χ1) is 8.74. The van der Waals surface area contributed by atoms with Crippen molar-refractivity contribution in [3.8, 4) is 0 Å². The van der Waals surface area contributed by atoms with Crippen molar-refractivity contribution in [3.63, 3.8) is 0 Å². The number of thioether (sulfide) groups is 1. The van der Waals surface area contributed by atoms with Gasteiger partial charge in [0.2, 0.25) is 0 Å². The Morgan fingerprint density at radius 1 is 1.11 bits per heavy atom. The number of aliphatic hydroxyl groups is 1. The van der Waals surface area contributed by atoms with E-state index in [1.807, 2.05) is 0 Å². The van der Waals surface area contributed by atoms with E-state index in [2.05, 4.69) is 38.1 Å². The van der Waals surface area contributed by atoms with E-state index in [-0.39, 0.29) is 6.10 Å². The molecule has 1 atom stereocenters. The highest BCUT2D eigenvalue weighted by Gasteiger charge is 2.06. The van der Waals surface area contributed by atoms with Gasteiger partial charge < -0.3 is 5.11 Å². The molecule has 0 aliphatic carbocycles. The molecule has 2 heteroatoms. The summed E-state index contributed by atoms with van der Waals surface area (Å²) in [5, 5.41) is 9.94. The van der Waals surface area contributed by atoms with Crippen LogP contribution in [0.2, 0.25) is 0 Å². The Kier molecular flexibility index (Phi) is 8.19. The van der Waals surface area contributed by atoms with Gasteiger partial charge in [0, 0.05) is 10.6 Å². The summed E-state index contributed by atoms with van der Waals surface area (Å²) in [4.78, 5) is 1.29. The number of aryl methyl sites for hydroxylation is 1. The Labute approximate surface area is 116 Å². The van der Waals surface area contributed by atoms with Crippen LogP contribution < -0.4 is 0 Å². The SMILES string of the molecule is CCCCCCCC(O)CSc1ccccc1C. The summed E-state index contributed by atoms with van der Waals surface area (Å²) in [6.07, 6.45) is 7.14. The van der Waals surface area contributed by atoms with Crippen LogP contribution in [-0.4, -0.2) is 17.0 Å². The highest BCUT2D eigenvalue weighted by molar-refractivity contribution is 7.99. The van der Waals surface area contributed by atoms with Crippen LogP contribution in [-0.2, 0) is 0 Å². The predicted molar refractivity (Wildman–Crippen MR) is 81.3 cm³/mol. The fourth-order valence-corrected chi connectivity index (χ4v) is 2.98. The van der Waals surface area contributed by atoms with Gasteiger partial charge in [0.1, 0.15) is 0 Å². The molecule has 102 valence electrons. The van der Waals surface area contributed by atoms with Gasteiger partial charge in [0.05, 0.1) is 6.10 Å². The molecule has 0 aromatic heterocycles. The zero-order valence-electron chi connectivity index (χ0n) is 11.7. The van der Waals surface area contributed by atoms with Crippen molar-refractivity contribution < 1.29 is 5.11 Å². The van der Waals surface area contributed by atoms with Crippen molar-refractivity contribution in [2.75, 3.05) is 5.75 Å². The van der Waals surface area contributed by atoms with Crippen molar-refractivity contribution in [2.24, 2.45) is 0 Å². The maximum atomic E-state index is 9.94. The molecule has 0 bridgehead atoms. The summed E-state index contributed by atoms with van der Waals surface area (Å²) in [6.45, 7) is 4.35. The lowest BCUT2D eigenvalue weighted by Gasteiger charge is -2.11. The topological polar surface area (TPSA) is 20.2 Å². The zero-order chi connectivity index (χ0) is 13.2. The van der Waals surface area contributed by atoms with Gasteiger partial charge in [-0.15, -0.1) is 11.8 Å². The largest absolute Gasteiger partial charge is 0.392 e. The van der Waals surface area contributed by atoms with Gasteiger partial charge in [-0.3, -0.25) is 0 Å². The Hall–Kier alpha value is -0.470. The van der Waals surface area contributed by atoms with E-state index in [1.165, 1.54) is 36.1 Å². The van der Waals surface area contributed by atoms with Crippen LogP contribution in [0, 0.1) is 6.92 Å². The average Bonchev–Trinajstić information content (AvgIpc) is 2.37. The molecular formula is C16H26OS. The number of aliphatic hydroxyl groups excluding tert-OH is 1. The van der Waals surface area contributed by atoms with Gasteiger partial charge in [0.25, 0.3) is 0 Å². The molecule has 1 aromatic carbocycles. The Morgan fingerprint density at radius 3 is 2.56 bits per heavy atom. The molecule has 0 aliphatic rings. The molecule has 0 amide bonds. The molecule has 0 heterocycles. The first-order valence-electron chi connectivity index (χ1n) is 7.10. The maximum Gasteiger partial charge on any atom is 0.0634 e. The second-order valence-electron chi connectivity index (χ2n) is 4.93. The van der Waals surface area contributed by atoms with Crippen LogP contribution in [0.15, 0.2) is 29.2 Å². The average molecular weight is 266 g/mol. The van der Waals surface area contributed by atoms with Gasteiger partial charge >= 0.3 is 0 Å². The minimum absolute atomic E-state index is 0.156. The monoisotopic (exact) mass is 266 g/mol. The lowest BCUT2D eigenvalue weighted by Crippen LogP contribution is -2.09. The summed E-state index contributed by atoms with van der Waals surface area (Å²) in [5.41, 5.74) is 1.30. The fourth-order valence-electron chi connectivity index (χ4n) is 1.97. The van der Waals surface area contributed by atoms with E-state index >= 15 is 0 Å². The second kappa shape index (κ2) is 9.46. The number of hydrogen-bond acceptors (Lipinski definition) is 2. The Morgan fingerprint density at radius 2 is 1.83 bits per heavy atom. The molecule has 1 unspecified atom stereocenters. The molecule has 18 heavy (non-hydrogen) atoms. The van der Waals surface area contributed by atoms with E-state index < -0.39 is 0 Å². The molecular weight excluding hydrogens is 240 g/mol. The lowest BCUT2D eigenvalue weighted by atomic mass is 10.1. The molecule has 0 saturated heterocycles. The normalized spacial score (nSPS) is 12.6.